The number of non-ortho nitro benzene ring substituents is 1. The van der Waals surface area contributed by atoms with E-state index in [1.165, 1.54) is 6.92 Å². The van der Waals surface area contributed by atoms with Crippen molar-refractivity contribution in [2.24, 2.45) is 0 Å². The first-order valence-corrected chi connectivity index (χ1v) is 9.51. The Morgan fingerprint density at radius 3 is 2.37 bits per heavy atom. The van der Waals surface area contributed by atoms with Gasteiger partial charge in [0.15, 0.2) is 0 Å². The van der Waals surface area contributed by atoms with Gasteiger partial charge in [-0.05, 0) is 25.6 Å². The van der Waals surface area contributed by atoms with Crippen molar-refractivity contribution in [3.05, 3.63) is 73.3 Å². The van der Waals surface area contributed by atoms with Crippen LogP contribution in [0.2, 0.25) is 0 Å². The number of hydrogen-bond acceptors (Lipinski definition) is 7. The van der Waals surface area contributed by atoms with Crippen molar-refractivity contribution < 1.29 is 14.6 Å². The molecule has 158 valence electrons. The molecule has 2 aromatic rings. The monoisotopic (exact) mass is 413 g/mol. The lowest BCUT2D eigenvalue weighted by Gasteiger charge is -2.35. The molecule has 1 aliphatic rings. The fourth-order valence-corrected chi connectivity index (χ4v) is 3.50. The predicted molar refractivity (Wildman–Crippen MR) is 112 cm³/mol. The van der Waals surface area contributed by atoms with Gasteiger partial charge in [-0.25, -0.2) is 0 Å². The zero-order valence-corrected chi connectivity index (χ0v) is 16.8. The standard InChI is InChI=1S/C20H23N5O5/c1-14-17(11-16(24(27)28)12-19(14)25(29)30)20(26)21-13-15-5-3-4-6-18(15)23-9-7-22(2)8-10-23/h3-6,11-12H,7-10,13H2,1-2H3,(H,21,26). The van der Waals surface area contributed by atoms with Gasteiger partial charge in [-0.2, -0.15) is 0 Å². The summed E-state index contributed by atoms with van der Waals surface area (Å²) in [7, 11) is 2.07. The second-order valence-electron chi connectivity index (χ2n) is 7.25. The van der Waals surface area contributed by atoms with E-state index in [0.717, 1.165) is 49.6 Å². The molecule has 0 unspecified atom stereocenters. The molecule has 1 aliphatic heterocycles. The number of hydrogen-bond donors (Lipinski definition) is 1. The van der Waals surface area contributed by atoms with E-state index in [-0.39, 0.29) is 17.7 Å². The molecule has 2 aromatic carbocycles. The number of nitro groups is 2. The first-order valence-electron chi connectivity index (χ1n) is 9.51. The number of carbonyl (C=O) groups excluding carboxylic acids is 1. The van der Waals surface area contributed by atoms with Crippen LogP contribution >= 0.6 is 0 Å². The maximum atomic E-state index is 12.7. The zero-order chi connectivity index (χ0) is 21.8. The number of benzene rings is 2. The Bertz CT molecular complexity index is 986. The van der Waals surface area contributed by atoms with Gasteiger partial charge in [0.25, 0.3) is 17.3 Å². The van der Waals surface area contributed by atoms with Gasteiger partial charge in [0.2, 0.25) is 0 Å². The molecule has 10 heteroatoms. The summed E-state index contributed by atoms with van der Waals surface area (Å²) in [5.74, 6) is -0.590. The summed E-state index contributed by atoms with van der Waals surface area (Å²) in [6, 6.07) is 9.67. The normalized spacial score (nSPS) is 14.4. The molecule has 10 nitrogen and oxygen atoms in total. The van der Waals surface area contributed by atoms with Crippen LogP contribution in [0.5, 0.6) is 0 Å². The van der Waals surface area contributed by atoms with Gasteiger partial charge in [-0.1, -0.05) is 18.2 Å². The highest BCUT2D eigenvalue weighted by Gasteiger charge is 2.25. The Labute approximate surface area is 173 Å². The number of amides is 1. The molecule has 0 bridgehead atoms. The van der Waals surface area contributed by atoms with E-state index < -0.39 is 27.1 Å². The molecule has 1 amide bonds. The average molecular weight is 413 g/mol. The minimum absolute atomic E-state index is 0.0759. The summed E-state index contributed by atoms with van der Waals surface area (Å²) >= 11 is 0. The molecule has 0 aromatic heterocycles. The summed E-state index contributed by atoms with van der Waals surface area (Å²) < 4.78 is 0. The van der Waals surface area contributed by atoms with Crippen LogP contribution in [-0.4, -0.2) is 53.9 Å². The number of nitrogens with one attached hydrogen (secondary N) is 1. The number of carbonyl (C=O) groups is 1. The van der Waals surface area contributed by atoms with Crippen LogP contribution in [0.3, 0.4) is 0 Å². The summed E-state index contributed by atoms with van der Waals surface area (Å²) in [4.78, 5) is 38.1. The van der Waals surface area contributed by atoms with Crippen LogP contribution in [0.25, 0.3) is 0 Å². The Balaban J connectivity index is 1.82. The second-order valence-corrected chi connectivity index (χ2v) is 7.25. The van der Waals surface area contributed by atoms with E-state index in [9.17, 15) is 25.0 Å². The van der Waals surface area contributed by atoms with Crippen LogP contribution in [0.15, 0.2) is 36.4 Å². The molecule has 0 atom stereocenters. The van der Waals surface area contributed by atoms with Crippen molar-refractivity contribution in [3.63, 3.8) is 0 Å². The molecule has 1 N–H and O–H groups in total. The lowest BCUT2D eigenvalue weighted by Crippen LogP contribution is -2.45. The SMILES string of the molecule is Cc1c(C(=O)NCc2ccccc2N2CCN(C)CC2)cc([N+](=O)[O-])cc1[N+](=O)[O-]. The number of rotatable bonds is 6. The molecule has 3 rings (SSSR count). The van der Waals surface area contributed by atoms with Crippen molar-refractivity contribution in [2.45, 2.75) is 13.5 Å². The highest BCUT2D eigenvalue weighted by Crippen LogP contribution is 2.28. The lowest BCUT2D eigenvalue weighted by atomic mass is 10.0. The lowest BCUT2D eigenvalue weighted by molar-refractivity contribution is -0.394. The molecular weight excluding hydrogens is 390 g/mol. The minimum atomic E-state index is -0.744. The van der Waals surface area contributed by atoms with Crippen molar-refractivity contribution >= 4 is 23.0 Å². The number of para-hydroxylation sites is 1. The van der Waals surface area contributed by atoms with E-state index in [1.807, 2.05) is 24.3 Å². The summed E-state index contributed by atoms with van der Waals surface area (Å²) in [5, 5.41) is 25.1. The number of piperazine rings is 1. The predicted octanol–water partition coefficient (Wildman–Crippen LogP) is 2.49. The molecule has 0 saturated carbocycles. The highest BCUT2D eigenvalue weighted by molar-refractivity contribution is 5.97. The Morgan fingerprint density at radius 2 is 1.73 bits per heavy atom. The topological polar surface area (TPSA) is 122 Å². The molecule has 1 saturated heterocycles. The second kappa shape index (κ2) is 8.87. The summed E-state index contributed by atoms with van der Waals surface area (Å²) in [6.07, 6.45) is 0. The number of nitrogens with zero attached hydrogens (tertiary/aromatic N) is 4. The van der Waals surface area contributed by atoms with Crippen molar-refractivity contribution in [1.82, 2.24) is 10.2 Å². The Kier molecular flexibility index (Phi) is 6.26. The van der Waals surface area contributed by atoms with Crippen LogP contribution in [-0.2, 0) is 6.54 Å². The van der Waals surface area contributed by atoms with Gasteiger partial charge in [0, 0.05) is 50.0 Å². The van der Waals surface area contributed by atoms with Crippen LogP contribution in [0, 0.1) is 27.2 Å². The number of anilines is 1. The van der Waals surface area contributed by atoms with Crippen molar-refractivity contribution in [2.75, 3.05) is 38.1 Å². The van der Waals surface area contributed by atoms with E-state index >= 15 is 0 Å². The average Bonchev–Trinajstić information content (AvgIpc) is 2.72. The quantitative estimate of drug-likeness (QED) is 0.570. The van der Waals surface area contributed by atoms with Gasteiger partial charge >= 0.3 is 0 Å². The van der Waals surface area contributed by atoms with Crippen LogP contribution < -0.4 is 10.2 Å². The van der Waals surface area contributed by atoms with E-state index in [2.05, 4.69) is 22.2 Å². The molecular formula is C20H23N5O5. The Hall–Kier alpha value is -3.53. The molecule has 0 aliphatic carbocycles. The first kappa shape index (κ1) is 21.2. The highest BCUT2D eigenvalue weighted by atomic mass is 16.6. The minimum Gasteiger partial charge on any atom is -0.369 e. The van der Waals surface area contributed by atoms with Gasteiger partial charge < -0.3 is 15.1 Å². The third kappa shape index (κ3) is 4.54. The summed E-state index contributed by atoms with van der Waals surface area (Å²) in [5.41, 5.74) is 1.01. The third-order valence-corrected chi connectivity index (χ3v) is 5.29. The smallest absolute Gasteiger partial charge is 0.279 e. The van der Waals surface area contributed by atoms with E-state index in [0.29, 0.717) is 0 Å². The van der Waals surface area contributed by atoms with E-state index in [1.54, 1.807) is 0 Å². The maximum absolute atomic E-state index is 12.7. The molecule has 0 spiro atoms. The van der Waals surface area contributed by atoms with Gasteiger partial charge in [0.1, 0.15) is 0 Å². The van der Waals surface area contributed by atoms with Crippen LogP contribution in [0.4, 0.5) is 17.1 Å². The Morgan fingerprint density at radius 1 is 1.07 bits per heavy atom. The first-order chi connectivity index (χ1) is 14.3. The van der Waals surface area contributed by atoms with Gasteiger partial charge in [0.05, 0.1) is 21.5 Å². The van der Waals surface area contributed by atoms with Crippen LogP contribution in [0.1, 0.15) is 21.5 Å². The third-order valence-electron chi connectivity index (χ3n) is 5.29. The van der Waals surface area contributed by atoms with Crippen molar-refractivity contribution in [3.8, 4) is 0 Å². The molecule has 1 heterocycles. The largest absolute Gasteiger partial charge is 0.369 e. The van der Waals surface area contributed by atoms with Gasteiger partial charge in [-0.3, -0.25) is 25.0 Å². The molecule has 30 heavy (non-hydrogen) atoms. The maximum Gasteiger partial charge on any atom is 0.279 e. The van der Waals surface area contributed by atoms with Crippen molar-refractivity contribution in [1.29, 1.82) is 0 Å². The fraction of sp³-hybridized carbons (Fsp3) is 0.350. The van der Waals surface area contributed by atoms with E-state index in [4.69, 9.17) is 0 Å². The van der Waals surface area contributed by atoms with Gasteiger partial charge in [-0.15, -0.1) is 0 Å². The number of nitro benzene ring substituents is 2. The summed E-state index contributed by atoms with van der Waals surface area (Å²) in [6.45, 7) is 5.25. The molecule has 1 fully saturated rings. The molecule has 0 radical (unpaired) electrons. The fourth-order valence-electron chi connectivity index (χ4n) is 3.50. The number of likely N-dealkylation sites (N-methyl/N-ethyl adjacent to an activating group) is 1. The zero-order valence-electron chi connectivity index (χ0n) is 16.8.